The summed E-state index contributed by atoms with van der Waals surface area (Å²) in [6.45, 7) is 0. The Morgan fingerprint density at radius 1 is 1.27 bits per heavy atom. The second-order valence-electron chi connectivity index (χ2n) is 5.00. The van der Waals surface area contributed by atoms with Gasteiger partial charge in [-0.25, -0.2) is 4.98 Å². The fourth-order valence-electron chi connectivity index (χ4n) is 2.00. The maximum atomic E-state index is 13.4. The summed E-state index contributed by atoms with van der Waals surface area (Å²) in [7, 11) is 0. The maximum absolute atomic E-state index is 13.4. The molecule has 1 aromatic heterocycles. The summed E-state index contributed by atoms with van der Waals surface area (Å²) in [5.41, 5.74) is -2.85. The Bertz CT molecular complexity index is 988. The van der Waals surface area contributed by atoms with Crippen molar-refractivity contribution < 1.29 is 22.7 Å². The number of halogens is 5. The number of benzene rings is 1. The van der Waals surface area contributed by atoms with E-state index in [1.54, 1.807) is 0 Å². The van der Waals surface area contributed by atoms with E-state index in [2.05, 4.69) is 20.0 Å². The summed E-state index contributed by atoms with van der Waals surface area (Å²) in [5, 5.41) is 10.9. The van der Waals surface area contributed by atoms with Crippen molar-refractivity contribution in [1.82, 2.24) is 9.97 Å². The molecule has 7 nitrogen and oxygen atoms in total. The third-order valence-corrected chi connectivity index (χ3v) is 3.86. The second-order valence-corrected chi connectivity index (χ2v) is 5.81. The monoisotopic (exact) mass is 406 g/mol. The Balaban J connectivity index is 2.08. The lowest BCUT2D eigenvalue weighted by Gasteiger charge is -2.13. The number of nitrogens with zero attached hydrogens (tertiary/aromatic N) is 2. The maximum Gasteiger partial charge on any atom is 0.437 e. The number of aromatic nitrogens is 2. The predicted molar refractivity (Wildman–Crippen MR) is 86.4 cm³/mol. The second kappa shape index (κ2) is 6.61. The first kappa shape index (κ1) is 18.2. The van der Waals surface area contributed by atoms with E-state index < -0.39 is 29.0 Å². The van der Waals surface area contributed by atoms with Crippen LogP contribution in [0.3, 0.4) is 0 Å². The van der Waals surface area contributed by atoms with Crippen molar-refractivity contribution in [2.24, 2.45) is 5.16 Å². The minimum Gasteiger partial charge on any atom is -0.449 e. The first-order valence-electron chi connectivity index (χ1n) is 6.81. The zero-order chi connectivity index (χ0) is 19.1. The molecule has 0 bridgehead atoms. The number of nitrogens with one attached hydrogen (secondary N) is 2. The minimum atomic E-state index is -4.98. The molecule has 2 aromatic rings. The Hall–Kier alpha value is -2.59. The highest BCUT2D eigenvalue weighted by Crippen LogP contribution is 2.36. The smallest absolute Gasteiger partial charge is 0.437 e. The average molecular weight is 407 g/mol. The number of H-pyrrole nitrogens is 1. The lowest BCUT2D eigenvalue weighted by atomic mass is 10.2. The van der Waals surface area contributed by atoms with Crippen molar-refractivity contribution in [1.29, 1.82) is 5.41 Å². The van der Waals surface area contributed by atoms with Crippen molar-refractivity contribution in [3.8, 4) is 11.5 Å². The van der Waals surface area contributed by atoms with Gasteiger partial charge in [0.2, 0.25) is 11.6 Å². The topological polar surface area (TPSA) is 100 Å². The van der Waals surface area contributed by atoms with Crippen LogP contribution >= 0.6 is 23.2 Å². The Kier molecular flexibility index (Phi) is 4.63. The van der Waals surface area contributed by atoms with Crippen molar-refractivity contribution in [3.05, 3.63) is 50.1 Å². The van der Waals surface area contributed by atoms with Gasteiger partial charge in [-0.15, -0.1) is 0 Å². The van der Waals surface area contributed by atoms with Gasteiger partial charge in [-0.1, -0.05) is 28.4 Å². The summed E-state index contributed by atoms with van der Waals surface area (Å²) in [6, 6.07) is 3.71. The Labute approximate surface area is 152 Å². The van der Waals surface area contributed by atoms with Crippen LogP contribution in [0.15, 0.2) is 28.1 Å². The van der Waals surface area contributed by atoms with Crippen LogP contribution in [0.25, 0.3) is 0 Å². The van der Waals surface area contributed by atoms with Crippen LogP contribution < -0.4 is 10.3 Å². The molecule has 0 atom stereocenters. The summed E-state index contributed by atoms with van der Waals surface area (Å²) in [5.74, 6) is -1.94. The van der Waals surface area contributed by atoms with E-state index in [0.29, 0.717) is 0 Å². The Morgan fingerprint density at radius 3 is 2.58 bits per heavy atom. The van der Waals surface area contributed by atoms with Crippen LogP contribution in [0.1, 0.15) is 17.9 Å². The highest BCUT2D eigenvalue weighted by Gasteiger charge is 2.39. The van der Waals surface area contributed by atoms with Crippen LogP contribution in [-0.2, 0) is 11.0 Å². The van der Waals surface area contributed by atoms with E-state index in [-0.39, 0.29) is 33.8 Å². The Morgan fingerprint density at radius 2 is 2.00 bits per heavy atom. The van der Waals surface area contributed by atoms with Gasteiger partial charge in [0, 0.05) is 6.07 Å². The van der Waals surface area contributed by atoms with Gasteiger partial charge in [0.15, 0.2) is 11.5 Å². The van der Waals surface area contributed by atoms with Crippen LogP contribution in [0.5, 0.6) is 11.5 Å². The molecular weight excluding hydrogens is 400 g/mol. The fraction of sp³-hybridized carbons (Fsp3) is 0.143. The predicted octanol–water partition coefficient (Wildman–Crippen LogP) is 3.99. The quantitative estimate of drug-likeness (QED) is 0.804. The molecule has 1 aromatic carbocycles. The zero-order valence-corrected chi connectivity index (χ0v) is 14.0. The number of aromatic amines is 1. The number of hydrogen-bond acceptors (Lipinski definition) is 6. The SMILES string of the molecule is N=C1CC(c2nc(C(F)(F)F)c(Oc3ccc(Cl)c(Cl)c3)c(=O)[nH]2)=NO1. The number of rotatable bonds is 3. The molecular formula is C14H7Cl2F3N4O3. The highest BCUT2D eigenvalue weighted by atomic mass is 35.5. The van der Waals surface area contributed by atoms with E-state index in [9.17, 15) is 18.0 Å². The summed E-state index contributed by atoms with van der Waals surface area (Å²) >= 11 is 11.5. The molecule has 26 heavy (non-hydrogen) atoms. The van der Waals surface area contributed by atoms with Crippen LogP contribution in [0, 0.1) is 5.41 Å². The molecule has 2 N–H and O–H groups in total. The van der Waals surface area contributed by atoms with Gasteiger partial charge in [-0.3, -0.25) is 10.2 Å². The van der Waals surface area contributed by atoms with E-state index in [1.165, 1.54) is 12.1 Å². The molecule has 0 fully saturated rings. The third kappa shape index (κ3) is 3.65. The van der Waals surface area contributed by atoms with Gasteiger partial charge in [0.1, 0.15) is 11.5 Å². The molecule has 0 aliphatic carbocycles. The van der Waals surface area contributed by atoms with Crippen molar-refractivity contribution in [2.75, 3.05) is 0 Å². The summed E-state index contributed by atoms with van der Waals surface area (Å²) in [6.07, 6.45) is -5.19. The van der Waals surface area contributed by atoms with Gasteiger partial charge in [-0.05, 0) is 12.1 Å². The van der Waals surface area contributed by atoms with Gasteiger partial charge in [0.25, 0.3) is 5.56 Å². The van der Waals surface area contributed by atoms with E-state index in [1.807, 2.05) is 0 Å². The number of oxime groups is 1. The summed E-state index contributed by atoms with van der Waals surface area (Å²) < 4.78 is 45.1. The molecule has 3 rings (SSSR count). The van der Waals surface area contributed by atoms with Gasteiger partial charge in [0.05, 0.1) is 16.5 Å². The minimum absolute atomic E-state index is 0.0368. The molecule has 0 unspecified atom stereocenters. The normalized spacial score (nSPS) is 14.2. The van der Waals surface area contributed by atoms with Gasteiger partial charge < -0.3 is 14.6 Å². The molecule has 2 heterocycles. The molecule has 0 saturated heterocycles. The first-order chi connectivity index (χ1) is 12.1. The summed E-state index contributed by atoms with van der Waals surface area (Å²) in [4.78, 5) is 22.2. The molecule has 0 radical (unpaired) electrons. The molecule has 136 valence electrons. The van der Waals surface area contributed by atoms with Gasteiger partial charge >= 0.3 is 6.18 Å². The van der Waals surface area contributed by atoms with E-state index in [0.717, 1.165) is 6.07 Å². The van der Waals surface area contributed by atoms with Crippen molar-refractivity contribution in [3.63, 3.8) is 0 Å². The van der Waals surface area contributed by atoms with E-state index >= 15 is 0 Å². The number of hydrogen-bond donors (Lipinski definition) is 2. The van der Waals surface area contributed by atoms with Crippen LogP contribution in [0.2, 0.25) is 10.0 Å². The fourth-order valence-corrected chi connectivity index (χ4v) is 2.29. The molecule has 12 heteroatoms. The first-order valence-corrected chi connectivity index (χ1v) is 7.57. The van der Waals surface area contributed by atoms with Crippen LogP contribution in [0.4, 0.5) is 13.2 Å². The standard InChI is InChI=1S/C14H7Cl2F3N4O3/c15-6-2-1-5(3-7(6)16)25-10-11(14(17,18)19)21-12(22-13(10)24)8-4-9(20)26-23-8/h1-3,20H,4H2,(H,21,22,24). The van der Waals surface area contributed by atoms with E-state index in [4.69, 9.17) is 33.3 Å². The lowest BCUT2D eigenvalue weighted by molar-refractivity contribution is -0.142. The third-order valence-electron chi connectivity index (χ3n) is 3.12. The van der Waals surface area contributed by atoms with Crippen LogP contribution in [-0.4, -0.2) is 21.6 Å². The largest absolute Gasteiger partial charge is 0.449 e. The molecule has 0 saturated carbocycles. The number of alkyl halides is 3. The zero-order valence-electron chi connectivity index (χ0n) is 12.4. The highest BCUT2D eigenvalue weighted by molar-refractivity contribution is 6.42. The van der Waals surface area contributed by atoms with Crippen molar-refractivity contribution >= 4 is 34.8 Å². The molecule has 0 spiro atoms. The number of ether oxygens (including phenoxy) is 1. The van der Waals surface area contributed by atoms with Crippen molar-refractivity contribution in [2.45, 2.75) is 12.6 Å². The molecule has 1 aliphatic rings. The average Bonchev–Trinajstić information content (AvgIpc) is 2.98. The lowest BCUT2D eigenvalue weighted by Crippen LogP contribution is -2.24. The van der Waals surface area contributed by atoms with Gasteiger partial charge in [-0.2, -0.15) is 13.2 Å². The molecule has 1 aliphatic heterocycles. The molecule has 0 amide bonds.